The molecule has 0 atom stereocenters. The molecule has 3 rings (SSSR count). The van der Waals surface area contributed by atoms with E-state index in [1.165, 1.54) is 30.5 Å². The molecule has 124 valence electrons. The van der Waals surface area contributed by atoms with Crippen molar-refractivity contribution in [1.82, 2.24) is 4.98 Å². The number of anilines is 1. The van der Waals surface area contributed by atoms with E-state index in [1.54, 1.807) is 12.1 Å². The highest BCUT2D eigenvalue weighted by molar-refractivity contribution is 6.02. The molecule has 0 saturated heterocycles. The van der Waals surface area contributed by atoms with Crippen molar-refractivity contribution in [3.05, 3.63) is 53.6 Å². The molecule has 7 heteroatoms. The standard InChI is InChI=1S/C17H15F2N3O2/c18-12-2-1-3-15-16(12)11(17(24)22-15)9-21-10-4-5-14(13(19)8-10)20-6-7-23/h1-5,8-9,20,22-24H,6-7H2. The monoisotopic (exact) mass is 331 g/mol. The second-order valence-electron chi connectivity index (χ2n) is 5.12. The average molecular weight is 331 g/mol. The SMILES string of the molecule is OCCNc1ccc(N=Cc2c(O)[nH]c3cccc(F)c23)cc1F. The molecule has 3 aromatic rings. The highest BCUT2D eigenvalue weighted by Gasteiger charge is 2.12. The summed E-state index contributed by atoms with van der Waals surface area (Å²) in [4.78, 5) is 6.76. The minimum absolute atomic E-state index is 0.106. The number of aromatic hydroxyl groups is 1. The molecule has 1 aromatic heterocycles. The number of benzene rings is 2. The minimum atomic E-state index is -0.521. The summed E-state index contributed by atoms with van der Waals surface area (Å²) < 4.78 is 27.8. The van der Waals surface area contributed by atoms with Gasteiger partial charge in [-0.2, -0.15) is 0 Å². The molecule has 0 aliphatic heterocycles. The lowest BCUT2D eigenvalue weighted by Crippen LogP contribution is -2.06. The molecule has 0 aliphatic carbocycles. The van der Waals surface area contributed by atoms with Crippen LogP contribution in [0, 0.1) is 11.6 Å². The van der Waals surface area contributed by atoms with Crippen molar-refractivity contribution >= 4 is 28.5 Å². The van der Waals surface area contributed by atoms with Gasteiger partial charge in [-0.05, 0) is 24.3 Å². The maximum atomic E-state index is 13.9. The van der Waals surface area contributed by atoms with Gasteiger partial charge in [0.15, 0.2) is 5.88 Å². The number of H-pyrrole nitrogens is 1. The number of halogens is 2. The number of aliphatic hydroxyl groups excluding tert-OH is 1. The maximum Gasteiger partial charge on any atom is 0.198 e. The minimum Gasteiger partial charge on any atom is -0.494 e. The highest BCUT2D eigenvalue weighted by atomic mass is 19.1. The fourth-order valence-electron chi connectivity index (χ4n) is 2.40. The first-order valence-electron chi connectivity index (χ1n) is 7.27. The van der Waals surface area contributed by atoms with Crippen LogP contribution >= 0.6 is 0 Å². The van der Waals surface area contributed by atoms with Crippen LogP contribution < -0.4 is 5.32 Å². The fourth-order valence-corrected chi connectivity index (χ4v) is 2.40. The summed E-state index contributed by atoms with van der Waals surface area (Å²) in [6.07, 6.45) is 1.28. The van der Waals surface area contributed by atoms with Crippen LogP contribution in [0.15, 0.2) is 41.4 Å². The van der Waals surface area contributed by atoms with Gasteiger partial charge in [0.1, 0.15) is 11.6 Å². The van der Waals surface area contributed by atoms with Gasteiger partial charge >= 0.3 is 0 Å². The molecule has 0 spiro atoms. The van der Waals surface area contributed by atoms with E-state index >= 15 is 0 Å². The van der Waals surface area contributed by atoms with Crippen LogP contribution in [0.5, 0.6) is 5.88 Å². The first kappa shape index (κ1) is 15.9. The lowest BCUT2D eigenvalue weighted by molar-refractivity contribution is 0.311. The Hall–Kier alpha value is -2.93. The van der Waals surface area contributed by atoms with Crippen LogP contribution in [0.2, 0.25) is 0 Å². The summed E-state index contributed by atoms with van der Waals surface area (Å²) in [6, 6.07) is 8.72. The number of aliphatic hydroxyl groups is 1. The summed E-state index contributed by atoms with van der Waals surface area (Å²) in [6.45, 7) is 0.132. The van der Waals surface area contributed by atoms with E-state index in [0.29, 0.717) is 11.2 Å². The molecular formula is C17H15F2N3O2. The number of rotatable bonds is 5. The number of nitrogens with one attached hydrogen (secondary N) is 2. The van der Waals surface area contributed by atoms with Crippen molar-refractivity contribution < 1.29 is 19.0 Å². The number of fused-ring (bicyclic) bond motifs is 1. The van der Waals surface area contributed by atoms with E-state index < -0.39 is 11.6 Å². The van der Waals surface area contributed by atoms with Gasteiger partial charge in [-0.15, -0.1) is 0 Å². The van der Waals surface area contributed by atoms with E-state index in [4.69, 9.17) is 5.11 Å². The molecule has 0 unspecified atom stereocenters. The normalized spacial score (nSPS) is 11.5. The molecule has 4 N–H and O–H groups in total. The molecule has 0 fully saturated rings. The van der Waals surface area contributed by atoms with Crippen molar-refractivity contribution in [3.63, 3.8) is 0 Å². The van der Waals surface area contributed by atoms with Crippen LogP contribution in [0.4, 0.5) is 20.2 Å². The van der Waals surface area contributed by atoms with E-state index in [9.17, 15) is 13.9 Å². The van der Waals surface area contributed by atoms with Gasteiger partial charge in [-0.25, -0.2) is 8.78 Å². The Kier molecular flexibility index (Phi) is 4.43. The zero-order valence-electron chi connectivity index (χ0n) is 12.6. The van der Waals surface area contributed by atoms with Gasteiger partial charge < -0.3 is 20.5 Å². The molecule has 0 radical (unpaired) electrons. The third-order valence-electron chi connectivity index (χ3n) is 3.51. The van der Waals surface area contributed by atoms with Crippen molar-refractivity contribution in [2.45, 2.75) is 0 Å². The Bertz CT molecular complexity index is 906. The van der Waals surface area contributed by atoms with Crippen LogP contribution in [0.1, 0.15) is 5.56 Å². The zero-order chi connectivity index (χ0) is 17.1. The van der Waals surface area contributed by atoms with Gasteiger partial charge in [0.2, 0.25) is 0 Å². The topological polar surface area (TPSA) is 80.6 Å². The van der Waals surface area contributed by atoms with Crippen LogP contribution in [-0.4, -0.2) is 34.6 Å². The summed E-state index contributed by atoms with van der Waals surface area (Å²) in [5, 5.41) is 21.6. The Labute approximate surface area is 136 Å². The average Bonchev–Trinajstić information content (AvgIpc) is 2.89. The van der Waals surface area contributed by atoms with Crippen LogP contribution in [0.3, 0.4) is 0 Å². The fraction of sp³-hybridized carbons (Fsp3) is 0.118. The quantitative estimate of drug-likeness (QED) is 0.542. The summed E-state index contributed by atoms with van der Waals surface area (Å²) in [5.74, 6) is -1.21. The smallest absolute Gasteiger partial charge is 0.198 e. The first-order chi connectivity index (χ1) is 11.6. The number of aromatic nitrogens is 1. The lowest BCUT2D eigenvalue weighted by Gasteiger charge is -2.05. The van der Waals surface area contributed by atoms with Crippen molar-refractivity contribution in [2.75, 3.05) is 18.5 Å². The third-order valence-corrected chi connectivity index (χ3v) is 3.51. The molecule has 24 heavy (non-hydrogen) atoms. The molecule has 0 saturated carbocycles. The summed E-state index contributed by atoms with van der Waals surface area (Å²) in [5.41, 5.74) is 1.21. The predicted octanol–water partition coefficient (Wildman–Crippen LogP) is 3.31. The number of hydrogen-bond acceptors (Lipinski definition) is 4. The second-order valence-corrected chi connectivity index (χ2v) is 5.12. The van der Waals surface area contributed by atoms with Crippen molar-refractivity contribution in [1.29, 1.82) is 0 Å². The van der Waals surface area contributed by atoms with Gasteiger partial charge in [0, 0.05) is 24.2 Å². The zero-order valence-corrected chi connectivity index (χ0v) is 12.6. The van der Waals surface area contributed by atoms with Crippen LogP contribution in [0.25, 0.3) is 10.9 Å². The largest absolute Gasteiger partial charge is 0.494 e. The van der Waals surface area contributed by atoms with Gasteiger partial charge in [-0.3, -0.25) is 4.99 Å². The highest BCUT2D eigenvalue weighted by Crippen LogP contribution is 2.29. The lowest BCUT2D eigenvalue weighted by atomic mass is 10.1. The van der Waals surface area contributed by atoms with Crippen molar-refractivity contribution in [2.24, 2.45) is 4.99 Å². The molecule has 0 bridgehead atoms. The van der Waals surface area contributed by atoms with Gasteiger partial charge in [0.05, 0.1) is 29.1 Å². The molecule has 5 nitrogen and oxygen atoms in total. The van der Waals surface area contributed by atoms with Gasteiger partial charge in [-0.1, -0.05) is 6.07 Å². The maximum absolute atomic E-state index is 13.9. The Morgan fingerprint density at radius 2 is 2.00 bits per heavy atom. The van der Waals surface area contributed by atoms with Crippen molar-refractivity contribution in [3.8, 4) is 5.88 Å². The molecule has 1 heterocycles. The van der Waals surface area contributed by atoms with E-state index in [-0.39, 0.29) is 35.7 Å². The number of aromatic amines is 1. The summed E-state index contributed by atoms with van der Waals surface area (Å²) in [7, 11) is 0. The summed E-state index contributed by atoms with van der Waals surface area (Å²) >= 11 is 0. The first-order valence-corrected chi connectivity index (χ1v) is 7.27. The third kappa shape index (κ3) is 3.07. The number of nitrogens with zero attached hydrogens (tertiary/aromatic N) is 1. The second kappa shape index (κ2) is 6.67. The predicted molar refractivity (Wildman–Crippen MR) is 89.2 cm³/mol. The molecule has 0 amide bonds. The van der Waals surface area contributed by atoms with E-state index in [0.717, 1.165) is 0 Å². The Balaban J connectivity index is 1.91. The molecule has 0 aliphatic rings. The molecular weight excluding hydrogens is 316 g/mol. The van der Waals surface area contributed by atoms with E-state index in [1.807, 2.05) is 0 Å². The van der Waals surface area contributed by atoms with E-state index in [2.05, 4.69) is 15.3 Å². The molecule has 2 aromatic carbocycles. The van der Waals surface area contributed by atoms with Gasteiger partial charge in [0.25, 0.3) is 0 Å². The Morgan fingerprint density at radius 1 is 1.17 bits per heavy atom. The number of aliphatic imine (C=N–C) groups is 1. The number of hydrogen-bond donors (Lipinski definition) is 4. The van der Waals surface area contributed by atoms with Crippen LogP contribution in [-0.2, 0) is 0 Å². The Morgan fingerprint density at radius 3 is 2.75 bits per heavy atom.